The van der Waals surface area contributed by atoms with E-state index in [4.69, 9.17) is 10.5 Å². The van der Waals surface area contributed by atoms with Crippen LogP contribution in [0.4, 0.5) is 0 Å². The van der Waals surface area contributed by atoms with Gasteiger partial charge in [-0.1, -0.05) is 0 Å². The molecule has 2 fully saturated rings. The van der Waals surface area contributed by atoms with Crippen molar-refractivity contribution in [1.82, 2.24) is 8.87 Å². The predicted octanol–water partition coefficient (Wildman–Crippen LogP) is 0.0357. The van der Waals surface area contributed by atoms with E-state index in [0.717, 1.165) is 18.5 Å². The van der Waals surface area contributed by atoms with Gasteiger partial charge in [0, 0.05) is 38.6 Å². The first-order chi connectivity index (χ1) is 9.00. The Kier molecular flexibility index (Phi) is 3.17. The van der Waals surface area contributed by atoms with E-state index in [1.165, 1.54) is 0 Å². The molecule has 2 bridgehead atoms. The van der Waals surface area contributed by atoms with Crippen molar-refractivity contribution in [2.24, 2.45) is 12.8 Å². The lowest BCUT2D eigenvalue weighted by molar-refractivity contribution is -0.0114. The van der Waals surface area contributed by atoms with Crippen molar-refractivity contribution in [3.8, 4) is 0 Å². The van der Waals surface area contributed by atoms with Crippen molar-refractivity contribution in [3.63, 3.8) is 0 Å². The Morgan fingerprint density at radius 3 is 2.53 bits per heavy atom. The van der Waals surface area contributed by atoms with Crippen LogP contribution in [0.3, 0.4) is 0 Å². The van der Waals surface area contributed by atoms with Crippen LogP contribution in [0.15, 0.2) is 17.2 Å². The Hall–Kier alpha value is -0.890. The van der Waals surface area contributed by atoms with Crippen LogP contribution in [-0.2, 0) is 28.4 Å². The molecule has 2 saturated heterocycles. The summed E-state index contributed by atoms with van der Waals surface area (Å²) in [6, 6.07) is 1.66. The monoisotopic (exact) mass is 285 g/mol. The van der Waals surface area contributed by atoms with Gasteiger partial charge in [0.05, 0.1) is 12.2 Å². The molecule has 3 heterocycles. The first-order valence-corrected chi connectivity index (χ1v) is 7.95. The molecule has 0 radical (unpaired) electrons. The third-order valence-electron chi connectivity index (χ3n) is 3.94. The molecular formula is C12H19N3O3S. The van der Waals surface area contributed by atoms with Crippen molar-refractivity contribution >= 4 is 10.0 Å². The number of sulfonamides is 1. The van der Waals surface area contributed by atoms with Gasteiger partial charge in [-0.25, -0.2) is 8.42 Å². The molecule has 3 rings (SSSR count). The molecule has 19 heavy (non-hydrogen) atoms. The molecule has 2 aliphatic rings. The molecule has 6 nitrogen and oxygen atoms in total. The zero-order valence-corrected chi connectivity index (χ0v) is 11.8. The standard InChI is InChI=1S/C12H19N3O3S/c1-14-8-12(4-9(14)5-13)19(16,17)15-6-10-2-3-11(7-15)18-10/h4,8,10-11H,2-3,5-7,13H2,1H3. The Balaban J connectivity index is 1.89. The highest BCUT2D eigenvalue weighted by molar-refractivity contribution is 7.89. The first kappa shape index (κ1) is 13.1. The Morgan fingerprint density at radius 2 is 2.00 bits per heavy atom. The van der Waals surface area contributed by atoms with Crippen LogP contribution in [0.25, 0.3) is 0 Å². The maximum absolute atomic E-state index is 12.6. The lowest BCUT2D eigenvalue weighted by atomic mass is 10.2. The Labute approximate surface area is 113 Å². The Bertz CT molecular complexity index is 569. The molecule has 0 spiro atoms. The zero-order chi connectivity index (χ0) is 13.6. The van der Waals surface area contributed by atoms with Gasteiger partial charge >= 0.3 is 0 Å². The SMILES string of the molecule is Cn1cc(S(=O)(=O)N2CC3CCC(C2)O3)cc1CN. The minimum Gasteiger partial charge on any atom is -0.372 e. The van der Waals surface area contributed by atoms with Crippen LogP contribution in [0.1, 0.15) is 18.5 Å². The summed E-state index contributed by atoms with van der Waals surface area (Å²) in [4.78, 5) is 0.330. The summed E-state index contributed by atoms with van der Waals surface area (Å²) in [7, 11) is -1.61. The highest BCUT2D eigenvalue weighted by Crippen LogP contribution is 2.30. The van der Waals surface area contributed by atoms with E-state index < -0.39 is 10.0 Å². The molecule has 106 valence electrons. The van der Waals surface area contributed by atoms with E-state index in [1.54, 1.807) is 21.1 Å². The minimum absolute atomic E-state index is 0.0613. The lowest BCUT2D eigenvalue weighted by Gasteiger charge is -2.30. The molecule has 0 aliphatic carbocycles. The number of aromatic nitrogens is 1. The van der Waals surface area contributed by atoms with Crippen LogP contribution in [0, 0.1) is 0 Å². The molecule has 0 aromatic carbocycles. The van der Waals surface area contributed by atoms with E-state index in [9.17, 15) is 8.42 Å². The number of hydrogen-bond donors (Lipinski definition) is 1. The fraction of sp³-hybridized carbons (Fsp3) is 0.667. The van der Waals surface area contributed by atoms with Crippen LogP contribution in [-0.4, -0.2) is 42.6 Å². The molecular weight excluding hydrogens is 266 g/mol. The normalized spacial score (nSPS) is 27.9. The summed E-state index contributed by atoms with van der Waals surface area (Å²) in [6.07, 6.45) is 3.67. The number of fused-ring (bicyclic) bond motifs is 2. The first-order valence-electron chi connectivity index (χ1n) is 6.51. The number of nitrogens with zero attached hydrogens (tertiary/aromatic N) is 2. The van der Waals surface area contributed by atoms with Gasteiger partial charge in [0.25, 0.3) is 0 Å². The summed E-state index contributed by atoms with van der Waals surface area (Å²) in [5, 5.41) is 0. The second-order valence-electron chi connectivity index (χ2n) is 5.26. The van der Waals surface area contributed by atoms with E-state index >= 15 is 0 Å². The summed E-state index contributed by atoms with van der Waals surface area (Å²) < 4.78 is 34.2. The van der Waals surface area contributed by atoms with Crippen LogP contribution < -0.4 is 5.73 Å². The maximum atomic E-state index is 12.6. The minimum atomic E-state index is -3.42. The molecule has 7 heteroatoms. The van der Waals surface area contributed by atoms with Crippen molar-refractivity contribution in [2.45, 2.75) is 36.5 Å². The van der Waals surface area contributed by atoms with Crippen molar-refractivity contribution < 1.29 is 13.2 Å². The molecule has 1 aromatic heterocycles. The molecule has 2 N–H and O–H groups in total. The van der Waals surface area contributed by atoms with Crippen molar-refractivity contribution in [2.75, 3.05) is 13.1 Å². The molecule has 2 atom stereocenters. The number of morpholine rings is 1. The maximum Gasteiger partial charge on any atom is 0.244 e. The van der Waals surface area contributed by atoms with Gasteiger partial charge in [-0.15, -0.1) is 0 Å². The molecule has 2 unspecified atom stereocenters. The zero-order valence-electron chi connectivity index (χ0n) is 10.9. The largest absolute Gasteiger partial charge is 0.372 e. The van der Waals surface area contributed by atoms with Gasteiger partial charge in [-0.05, 0) is 18.9 Å². The number of nitrogens with two attached hydrogens (primary N) is 1. The second kappa shape index (κ2) is 4.59. The third-order valence-corrected chi connectivity index (χ3v) is 5.74. The molecule has 0 saturated carbocycles. The van der Waals surface area contributed by atoms with Gasteiger partial charge in [0.15, 0.2) is 0 Å². The predicted molar refractivity (Wildman–Crippen MR) is 70.0 cm³/mol. The summed E-state index contributed by atoms with van der Waals surface area (Å²) in [6.45, 7) is 1.26. The second-order valence-corrected chi connectivity index (χ2v) is 7.20. The third kappa shape index (κ3) is 2.20. The number of aryl methyl sites for hydroxylation is 1. The number of hydrogen-bond acceptors (Lipinski definition) is 4. The van der Waals surface area contributed by atoms with E-state index in [-0.39, 0.29) is 12.2 Å². The highest BCUT2D eigenvalue weighted by atomic mass is 32.2. The van der Waals surface area contributed by atoms with E-state index in [2.05, 4.69) is 0 Å². The number of ether oxygens (including phenoxy) is 1. The highest BCUT2D eigenvalue weighted by Gasteiger charge is 2.39. The van der Waals surface area contributed by atoms with Crippen LogP contribution in [0.5, 0.6) is 0 Å². The smallest absolute Gasteiger partial charge is 0.244 e. The average molecular weight is 285 g/mol. The van der Waals surface area contributed by atoms with Crippen molar-refractivity contribution in [3.05, 3.63) is 18.0 Å². The summed E-state index contributed by atoms with van der Waals surface area (Å²) >= 11 is 0. The number of rotatable bonds is 3. The van der Waals surface area contributed by atoms with Gasteiger partial charge in [0.1, 0.15) is 4.90 Å². The van der Waals surface area contributed by atoms with Gasteiger partial charge in [0.2, 0.25) is 10.0 Å². The fourth-order valence-electron chi connectivity index (χ4n) is 2.84. The van der Waals surface area contributed by atoms with E-state index in [0.29, 0.717) is 24.5 Å². The van der Waals surface area contributed by atoms with Gasteiger partial charge in [-0.2, -0.15) is 4.31 Å². The van der Waals surface area contributed by atoms with Crippen LogP contribution >= 0.6 is 0 Å². The van der Waals surface area contributed by atoms with Gasteiger partial charge < -0.3 is 15.0 Å². The fourth-order valence-corrected chi connectivity index (χ4v) is 4.44. The Morgan fingerprint density at radius 1 is 1.37 bits per heavy atom. The van der Waals surface area contributed by atoms with Gasteiger partial charge in [-0.3, -0.25) is 0 Å². The van der Waals surface area contributed by atoms with E-state index in [1.807, 2.05) is 7.05 Å². The topological polar surface area (TPSA) is 77.6 Å². The quantitative estimate of drug-likeness (QED) is 0.850. The molecule has 2 aliphatic heterocycles. The lowest BCUT2D eigenvalue weighted by Crippen LogP contribution is -2.45. The van der Waals surface area contributed by atoms with Crippen LogP contribution in [0.2, 0.25) is 0 Å². The summed E-state index contributed by atoms with van der Waals surface area (Å²) in [5.41, 5.74) is 6.41. The molecule has 1 aromatic rings. The average Bonchev–Trinajstić information content (AvgIpc) is 2.92. The summed E-state index contributed by atoms with van der Waals surface area (Å²) in [5.74, 6) is 0. The molecule has 0 amide bonds. The van der Waals surface area contributed by atoms with Crippen molar-refractivity contribution in [1.29, 1.82) is 0 Å².